The van der Waals surface area contributed by atoms with E-state index in [-0.39, 0.29) is 13.4 Å². The van der Waals surface area contributed by atoms with Gasteiger partial charge in [-0.05, 0) is 67.2 Å². The molecule has 162 valence electrons. The summed E-state index contributed by atoms with van der Waals surface area (Å²) < 4.78 is 28.0. The van der Waals surface area contributed by atoms with Crippen LogP contribution in [0.4, 0.5) is 0 Å². The normalized spacial score (nSPS) is 12.7. The van der Waals surface area contributed by atoms with E-state index in [2.05, 4.69) is 6.08 Å². The second-order valence-corrected chi connectivity index (χ2v) is 7.14. The van der Waals surface area contributed by atoms with Crippen LogP contribution in [0.3, 0.4) is 0 Å². The van der Waals surface area contributed by atoms with Crippen LogP contribution in [0, 0.1) is 0 Å². The maximum atomic E-state index is 8.86. The van der Waals surface area contributed by atoms with E-state index in [1.807, 2.05) is 37.3 Å². The van der Waals surface area contributed by atoms with Crippen molar-refractivity contribution in [1.29, 1.82) is 0 Å². The molecule has 0 fully saturated rings. The molecule has 0 atom stereocenters. The molecule has 0 aliphatic carbocycles. The highest BCUT2D eigenvalue weighted by molar-refractivity contribution is 5.82. The third-order valence-electron chi connectivity index (χ3n) is 4.99. The Labute approximate surface area is 178 Å². The van der Waals surface area contributed by atoms with Gasteiger partial charge in [-0.25, -0.2) is 0 Å². The van der Waals surface area contributed by atoms with E-state index in [0.29, 0.717) is 23.9 Å². The Morgan fingerprint density at radius 3 is 2.37 bits per heavy atom. The summed E-state index contributed by atoms with van der Waals surface area (Å²) in [6, 6.07) is 9.81. The molecule has 6 nitrogen and oxygen atoms in total. The summed E-state index contributed by atoms with van der Waals surface area (Å²) in [5.74, 6) is 3.41. The Hall–Kier alpha value is -2.86. The molecular formula is C24H30O6. The van der Waals surface area contributed by atoms with Crippen molar-refractivity contribution in [1.82, 2.24) is 0 Å². The SMILES string of the molecule is COc1cc(/C=C(/C)c2ccc3c(c2)OCO3)cc(OC)c1OCCCCCCO. The minimum Gasteiger partial charge on any atom is -0.493 e. The number of unbranched alkanes of at least 4 members (excludes halogenated alkanes) is 3. The largest absolute Gasteiger partial charge is 0.493 e. The maximum absolute atomic E-state index is 8.86. The van der Waals surface area contributed by atoms with E-state index in [1.165, 1.54) is 0 Å². The first-order chi connectivity index (χ1) is 14.7. The lowest BCUT2D eigenvalue weighted by atomic mass is 10.0. The highest BCUT2D eigenvalue weighted by Crippen LogP contribution is 2.40. The minimum absolute atomic E-state index is 0.239. The van der Waals surface area contributed by atoms with Gasteiger partial charge in [0.1, 0.15) is 0 Å². The highest BCUT2D eigenvalue weighted by atomic mass is 16.7. The summed E-state index contributed by atoms with van der Waals surface area (Å²) in [5, 5.41) is 8.86. The van der Waals surface area contributed by atoms with Gasteiger partial charge >= 0.3 is 0 Å². The van der Waals surface area contributed by atoms with Crippen molar-refractivity contribution in [2.24, 2.45) is 0 Å². The quantitative estimate of drug-likeness (QED) is 0.416. The second kappa shape index (κ2) is 10.8. The summed E-state index contributed by atoms with van der Waals surface area (Å²) in [5.41, 5.74) is 3.09. The molecule has 0 bridgehead atoms. The van der Waals surface area contributed by atoms with Crippen LogP contribution in [0.5, 0.6) is 28.7 Å². The van der Waals surface area contributed by atoms with Gasteiger partial charge in [-0.1, -0.05) is 18.6 Å². The van der Waals surface area contributed by atoms with E-state index >= 15 is 0 Å². The Balaban J connectivity index is 1.76. The molecule has 0 aromatic heterocycles. The molecule has 0 radical (unpaired) electrons. The monoisotopic (exact) mass is 414 g/mol. The van der Waals surface area contributed by atoms with Gasteiger partial charge in [0.05, 0.1) is 20.8 Å². The van der Waals surface area contributed by atoms with E-state index in [9.17, 15) is 0 Å². The third-order valence-corrected chi connectivity index (χ3v) is 4.99. The smallest absolute Gasteiger partial charge is 0.231 e. The number of aliphatic hydroxyl groups excluding tert-OH is 1. The Morgan fingerprint density at radius 1 is 0.967 bits per heavy atom. The zero-order chi connectivity index (χ0) is 21.3. The Morgan fingerprint density at radius 2 is 1.67 bits per heavy atom. The zero-order valence-electron chi connectivity index (χ0n) is 17.9. The van der Waals surface area contributed by atoms with Gasteiger partial charge < -0.3 is 28.8 Å². The number of methoxy groups -OCH3 is 2. The highest BCUT2D eigenvalue weighted by Gasteiger charge is 2.16. The van der Waals surface area contributed by atoms with Gasteiger partial charge in [0, 0.05) is 6.61 Å². The number of ether oxygens (including phenoxy) is 5. The molecule has 30 heavy (non-hydrogen) atoms. The lowest BCUT2D eigenvalue weighted by Crippen LogP contribution is -2.02. The van der Waals surface area contributed by atoms with Gasteiger partial charge in [0.2, 0.25) is 12.5 Å². The lowest BCUT2D eigenvalue weighted by Gasteiger charge is -2.16. The average molecular weight is 414 g/mol. The van der Waals surface area contributed by atoms with Gasteiger partial charge in [-0.2, -0.15) is 0 Å². The molecule has 1 aliphatic heterocycles. The van der Waals surface area contributed by atoms with Crippen LogP contribution in [0.2, 0.25) is 0 Å². The van der Waals surface area contributed by atoms with Crippen LogP contribution in [0.15, 0.2) is 30.3 Å². The van der Waals surface area contributed by atoms with Crippen molar-refractivity contribution in [3.63, 3.8) is 0 Å². The van der Waals surface area contributed by atoms with Crippen molar-refractivity contribution in [3.05, 3.63) is 41.5 Å². The van der Waals surface area contributed by atoms with Crippen LogP contribution in [-0.4, -0.2) is 39.3 Å². The molecule has 1 N–H and O–H groups in total. The Bertz CT molecular complexity index is 849. The van der Waals surface area contributed by atoms with Crippen LogP contribution in [0.1, 0.15) is 43.7 Å². The first-order valence-electron chi connectivity index (χ1n) is 10.2. The molecule has 0 unspecified atom stereocenters. The van der Waals surface area contributed by atoms with Gasteiger partial charge in [0.15, 0.2) is 23.0 Å². The predicted molar refractivity (Wildman–Crippen MR) is 117 cm³/mol. The van der Waals surface area contributed by atoms with Crippen LogP contribution >= 0.6 is 0 Å². The first-order valence-corrected chi connectivity index (χ1v) is 10.2. The van der Waals surface area contributed by atoms with Gasteiger partial charge in [-0.3, -0.25) is 0 Å². The summed E-state index contributed by atoms with van der Waals surface area (Å²) in [6.45, 7) is 3.12. The Kier molecular flexibility index (Phi) is 7.85. The fraction of sp³-hybridized carbons (Fsp3) is 0.417. The van der Waals surface area contributed by atoms with Crippen molar-refractivity contribution >= 4 is 11.6 Å². The average Bonchev–Trinajstić information content (AvgIpc) is 3.24. The topological polar surface area (TPSA) is 66.4 Å². The number of rotatable bonds is 11. The van der Waals surface area contributed by atoms with Crippen LogP contribution < -0.4 is 23.7 Å². The number of hydrogen-bond acceptors (Lipinski definition) is 6. The third kappa shape index (κ3) is 5.39. The molecule has 6 heteroatoms. The molecule has 0 saturated heterocycles. The number of fused-ring (bicyclic) bond motifs is 1. The lowest BCUT2D eigenvalue weighted by molar-refractivity contribution is 0.174. The van der Waals surface area contributed by atoms with E-state index in [1.54, 1.807) is 14.2 Å². The number of aliphatic hydroxyl groups is 1. The van der Waals surface area contributed by atoms with E-state index in [0.717, 1.165) is 53.9 Å². The molecule has 3 rings (SSSR count). The van der Waals surface area contributed by atoms with E-state index < -0.39 is 0 Å². The summed E-state index contributed by atoms with van der Waals surface area (Å²) >= 11 is 0. The molecule has 0 spiro atoms. The minimum atomic E-state index is 0.239. The first kappa shape index (κ1) is 21.8. The van der Waals surface area contributed by atoms with Crippen molar-refractivity contribution in [3.8, 4) is 28.7 Å². The number of hydrogen-bond donors (Lipinski definition) is 1. The number of benzene rings is 2. The van der Waals surface area contributed by atoms with Gasteiger partial charge in [-0.15, -0.1) is 0 Å². The van der Waals surface area contributed by atoms with Crippen molar-refractivity contribution in [2.75, 3.05) is 34.2 Å². The standard InChI is InChI=1S/C24H30O6/c1-17(19-8-9-20-21(15-19)30-16-29-20)12-18-13-22(26-2)24(23(14-18)27-3)28-11-7-5-4-6-10-25/h8-9,12-15,25H,4-7,10-11,16H2,1-3H3/b17-12-. The van der Waals surface area contributed by atoms with Crippen LogP contribution in [-0.2, 0) is 0 Å². The number of allylic oxidation sites excluding steroid dienone is 1. The molecule has 0 amide bonds. The molecule has 1 aliphatic rings. The van der Waals surface area contributed by atoms with Crippen LogP contribution in [0.25, 0.3) is 11.6 Å². The molecule has 0 saturated carbocycles. The van der Waals surface area contributed by atoms with E-state index in [4.69, 9.17) is 28.8 Å². The van der Waals surface area contributed by atoms with Crippen molar-refractivity contribution < 1.29 is 28.8 Å². The molecular weight excluding hydrogens is 384 g/mol. The predicted octanol–water partition coefficient (Wildman–Crippen LogP) is 4.92. The maximum Gasteiger partial charge on any atom is 0.231 e. The van der Waals surface area contributed by atoms with Gasteiger partial charge in [0.25, 0.3) is 0 Å². The fourth-order valence-corrected chi connectivity index (χ4v) is 3.34. The summed E-state index contributed by atoms with van der Waals surface area (Å²) in [4.78, 5) is 0. The summed E-state index contributed by atoms with van der Waals surface area (Å²) in [7, 11) is 3.25. The molecule has 1 heterocycles. The molecule has 2 aromatic rings. The molecule has 2 aromatic carbocycles. The summed E-state index contributed by atoms with van der Waals surface area (Å²) in [6.07, 6.45) is 5.83. The van der Waals surface area contributed by atoms with Crippen molar-refractivity contribution in [2.45, 2.75) is 32.6 Å². The fourth-order valence-electron chi connectivity index (χ4n) is 3.34. The second-order valence-electron chi connectivity index (χ2n) is 7.14. The zero-order valence-corrected chi connectivity index (χ0v) is 17.9.